The van der Waals surface area contributed by atoms with Crippen LogP contribution < -0.4 is 0 Å². The highest BCUT2D eigenvalue weighted by atomic mass is 16.5. The highest BCUT2D eigenvalue weighted by molar-refractivity contribution is 5.25. The fourth-order valence-corrected chi connectivity index (χ4v) is 3.13. The number of morpholine rings is 1. The van der Waals surface area contributed by atoms with E-state index in [1.807, 2.05) is 0 Å². The molecule has 1 aliphatic heterocycles. The van der Waals surface area contributed by atoms with Gasteiger partial charge in [-0.2, -0.15) is 0 Å². The van der Waals surface area contributed by atoms with Crippen LogP contribution in [0, 0.1) is 12.8 Å². The Labute approximate surface area is 116 Å². The monoisotopic (exact) mass is 259 g/mol. The quantitative estimate of drug-likeness (QED) is 0.801. The summed E-state index contributed by atoms with van der Waals surface area (Å²) in [5.41, 5.74) is 2.88. The van der Waals surface area contributed by atoms with Crippen LogP contribution in [0.1, 0.15) is 42.9 Å². The number of hydrogen-bond donors (Lipinski definition) is 0. The van der Waals surface area contributed by atoms with Crippen LogP contribution in [0.3, 0.4) is 0 Å². The second kappa shape index (κ2) is 6.06. The minimum atomic E-state index is 0.601. The third-order valence-electron chi connectivity index (χ3n) is 4.46. The summed E-state index contributed by atoms with van der Waals surface area (Å²) in [5.74, 6) is 1.02. The summed E-state index contributed by atoms with van der Waals surface area (Å²) >= 11 is 0. The molecule has 19 heavy (non-hydrogen) atoms. The lowest BCUT2D eigenvalue weighted by Crippen LogP contribution is -2.39. The molecule has 0 radical (unpaired) electrons. The van der Waals surface area contributed by atoms with Gasteiger partial charge in [0.1, 0.15) is 0 Å². The zero-order valence-corrected chi connectivity index (χ0v) is 12.0. The van der Waals surface area contributed by atoms with Crippen molar-refractivity contribution in [2.45, 2.75) is 38.6 Å². The molecule has 2 heteroatoms. The summed E-state index contributed by atoms with van der Waals surface area (Å²) in [6.07, 6.45) is 5.64. The van der Waals surface area contributed by atoms with Gasteiger partial charge < -0.3 is 4.74 Å². The molecule has 0 N–H and O–H groups in total. The van der Waals surface area contributed by atoms with Crippen molar-refractivity contribution in [2.24, 2.45) is 5.92 Å². The van der Waals surface area contributed by atoms with Crippen LogP contribution in [0.5, 0.6) is 0 Å². The summed E-state index contributed by atoms with van der Waals surface area (Å²) in [7, 11) is 0. The lowest BCUT2D eigenvalue weighted by Gasteiger charge is -2.35. The van der Waals surface area contributed by atoms with Crippen molar-refractivity contribution >= 4 is 0 Å². The van der Waals surface area contributed by atoms with E-state index in [1.165, 1.54) is 36.8 Å². The maximum Gasteiger partial charge on any atom is 0.0594 e. The van der Waals surface area contributed by atoms with Gasteiger partial charge >= 0.3 is 0 Å². The Hall–Kier alpha value is -0.860. The first kappa shape index (κ1) is 13.1. The first-order valence-corrected chi connectivity index (χ1v) is 7.71. The van der Waals surface area contributed by atoms with Crippen LogP contribution in [-0.4, -0.2) is 31.2 Å². The van der Waals surface area contributed by atoms with Crippen molar-refractivity contribution in [3.63, 3.8) is 0 Å². The van der Waals surface area contributed by atoms with Crippen LogP contribution in [0.2, 0.25) is 0 Å². The molecule has 1 aromatic carbocycles. The van der Waals surface area contributed by atoms with E-state index in [-0.39, 0.29) is 0 Å². The van der Waals surface area contributed by atoms with E-state index >= 15 is 0 Å². The van der Waals surface area contributed by atoms with Crippen LogP contribution in [0.4, 0.5) is 0 Å². The standard InChI is InChI=1S/C17H25NO/c1-14-3-2-4-16(13-14)17(8-7-15-5-6-15)18-9-11-19-12-10-18/h2-4,13,15,17H,5-12H2,1H3. The van der Waals surface area contributed by atoms with E-state index in [9.17, 15) is 0 Å². The molecule has 2 fully saturated rings. The molecular weight excluding hydrogens is 234 g/mol. The van der Waals surface area contributed by atoms with Crippen LogP contribution in [0.15, 0.2) is 24.3 Å². The van der Waals surface area contributed by atoms with Crippen molar-refractivity contribution in [3.8, 4) is 0 Å². The van der Waals surface area contributed by atoms with E-state index < -0.39 is 0 Å². The molecule has 1 atom stereocenters. The Morgan fingerprint density at radius 2 is 2.05 bits per heavy atom. The predicted octanol–water partition coefficient (Wildman–Crippen LogP) is 3.56. The Kier molecular flexibility index (Phi) is 4.19. The van der Waals surface area contributed by atoms with Gasteiger partial charge in [-0.25, -0.2) is 0 Å². The molecule has 1 saturated heterocycles. The lowest BCUT2D eigenvalue weighted by atomic mass is 9.97. The minimum absolute atomic E-state index is 0.601. The zero-order valence-electron chi connectivity index (χ0n) is 12.0. The van der Waals surface area contributed by atoms with Gasteiger partial charge in [-0.3, -0.25) is 4.90 Å². The third-order valence-corrected chi connectivity index (χ3v) is 4.46. The van der Waals surface area contributed by atoms with E-state index in [0.717, 1.165) is 32.2 Å². The summed E-state index contributed by atoms with van der Waals surface area (Å²) < 4.78 is 5.51. The molecule has 2 nitrogen and oxygen atoms in total. The molecule has 0 aromatic heterocycles. The molecule has 104 valence electrons. The second-order valence-electron chi connectivity index (χ2n) is 6.10. The molecule has 1 aromatic rings. The van der Waals surface area contributed by atoms with Gasteiger partial charge in [0, 0.05) is 19.1 Å². The van der Waals surface area contributed by atoms with E-state index in [4.69, 9.17) is 4.74 Å². The molecule has 1 heterocycles. The summed E-state index contributed by atoms with van der Waals surface area (Å²) in [6.45, 7) is 6.16. The maximum atomic E-state index is 5.51. The van der Waals surface area contributed by atoms with E-state index in [2.05, 4.69) is 36.1 Å². The fourth-order valence-electron chi connectivity index (χ4n) is 3.13. The van der Waals surface area contributed by atoms with Crippen molar-refractivity contribution in [3.05, 3.63) is 35.4 Å². The average Bonchev–Trinajstić information content (AvgIpc) is 3.25. The number of hydrogen-bond acceptors (Lipinski definition) is 2. The predicted molar refractivity (Wildman–Crippen MR) is 78.3 cm³/mol. The molecule has 1 aliphatic carbocycles. The third kappa shape index (κ3) is 3.58. The van der Waals surface area contributed by atoms with Gasteiger partial charge in [-0.1, -0.05) is 42.7 Å². The van der Waals surface area contributed by atoms with Gasteiger partial charge in [-0.05, 0) is 31.2 Å². The zero-order chi connectivity index (χ0) is 13.1. The van der Waals surface area contributed by atoms with Gasteiger partial charge in [-0.15, -0.1) is 0 Å². The van der Waals surface area contributed by atoms with Crippen LogP contribution >= 0.6 is 0 Å². The van der Waals surface area contributed by atoms with E-state index in [1.54, 1.807) is 0 Å². The summed E-state index contributed by atoms with van der Waals surface area (Å²) in [4.78, 5) is 2.63. The Morgan fingerprint density at radius 1 is 1.26 bits per heavy atom. The number of benzene rings is 1. The van der Waals surface area contributed by atoms with Crippen LogP contribution in [0.25, 0.3) is 0 Å². The van der Waals surface area contributed by atoms with Crippen molar-refractivity contribution < 1.29 is 4.74 Å². The van der Waals surface area contributed by atoms with Gasteiger partial charge in [0.2, 0.25) is 0 Å². The molecule has 1 saturated carbocycles. The Balaban J connectivity index is 1.73. The molecule has 0 spiro atoms. The molecule has 0 bridgehead atoms. The van der Waals surface area contributed by atoms with Crippen molar-refractivity contribution in [1.82, 2.24) is 4.90 Å². The second-order valence-corrected chi connectivity index (χ2v) is 6.10. The summed E-state index contributed by atoms with van der Waals surface area (Å²) in [6, 6.07) is 9.67. The number of aryl methyl sites for hydroxylation is 1. The molecule has 2 aliphatic rings. The Bertz CT molecular complexity index is 407. The van der Waals surface area contributed by atoms with Gasteiger partial charge in [0.15, 0.2) is 0 Å². The average molecular weight is 259 g/mol. The van der Waals surface area contributed by atoms with E-state index in [0.29, 0.717) is 6.04 Å². The van der Waals surface area contributed by atoms with Crippen LogP contribution in [-0.2, 0) is 4.74 Å². The molecule has 0 amide bonds. The topological polar surface area (TPSA) is 12.5 Å². The first-order valence-electron chi connectivity index (χ1n) is 7.71. The molecule has 1 unspecified atom stereocenters. The highest BCUT2D eigenvalue weighted by Gasteiger charge is 2.27. The SMILES string of the molecule is Cc1cccc(C(CCC2CC2)N2CCOCC2)c1. The first-order chi connectivity index (χ1) is 9.33. The van der Waals surface area contributed by atoms with Gasteiger partial charge in [0.25, 0.3) is 0 Å². The highest BCUT2D eigenvalue weighted by Crippen LogP contribution is 2.37. The van der Waals surface area contributed by atoms with Gasteiger partial charge in [0.05, 0.1) is 13.2 Å². The number of ether oxygens (including phenoxy) is 1. The molecular formula is C17H25NO. The molecule has 3 rings (SSSR count). The number of rotatable bonds is 5. The van der Waals surface area contributed by atoms with Crippen molar-refractivity contribution in [1.29, 1.82) is 0 Å². The largest absolute Gasteiger partial charge is 0.379 e. The lowest BCUT2D eigenvalue weighted by molar-refractivity contribution is 0.0135. The van der Waals surface area contributed by atoms with Crippen molar-refractivity contribution in [2.75, 3.05) is 26.3 Å². The Morgan fingerprint density at radius 3 is 2.74 bits per heavy atom. The smallest absolute Gasteiger partial charge is 0.0594 e. The normalized spacial score (nSPS) is 22.4. The summed E-state index contributed by atoms with van der Waals surface area (Å²) in [5, 5.41) is 0. The number of nitrogens with zero attached hydrogens (tertiary/aromatic N) is 1. The minimum Gasteiger partial charge on any atom is -0.379 e. The maximum absolute atomic E-state index is 5.51. The fraction of sp³-hybridized carbons (Fsp3) is 0.647.